The molecule has 136 valence electrons. The number of aromatic nitrogens is 4. The third kappa shape index (κ3) is 3.62. The Hall–Kier alpha value is -2.67. The molecule has 6 nitrogen and oxygen atoms in total. The summed E-state index contributed by atoms with van der Waals surface area (Å²) in [6.07, 6.45) is 1.62. The van der Waals surface area contributed by atoms with Crippen molar-refractivity contribution in [2.24, 2.45) is 0 Å². The van der Waals surface area contributed by atoms with Crippen molar-refractivity contribution in [3.63, 3.8) is 0 Å². The van der Waals surface area contributed by atoms with E-state index in [1.807, 2.05) is 13.8 Å². The number of nitrogens with zero attached hydrogens (tertiary/aromatic N) is 4. The minimum absolute atomic E-state index is 0.279. The first-order chi connectivity index (χ1) is 12.4. The van der Waals surface area contributed by atoms with E-state index in [2.05, 4.69) is 15.5 Å². The fourth-order valence-corrected chi connectivity index (χ4v) is 3.04. The number of hydrogen-bond donors (Lipinski definition) is 1. The van der Waals surface area contributed by atoms with Gasteiger partial charge in [-0.1, -0.05) is 23.7 Å². The summed E-state index contributed by atoms with van der Waals surface area (Å²) < 4.78 is 16.4. The average molecular weight is 376 g/mol. The highest BCUT2D eigenvalue weighted by Gasteiger charge is 2.20. The van der Waals surface area contributed by atoms with Crippen molar-refractivity contribution in [1.82, 2.24) is 19.6 Å². The molecule has 0 aliphatic carbocycles. The molecule has 26 heavy (non-hydrogen) atoms. The van der Waals surface area contributed by atoms with Crippen LogP contribution in [0.25, 0.3) is 0 Å². The van der Waals surface area contributed by atoms with Crippen molar-refractivity contribution in [1.29, 1.82) is 0 Å². The van der Waals surface area contributed by atoms with Crippen LogP contribution in [0.1, 0.15) is 34.2 Å². The van der Waals surface area contributed by atoms with Crippen LogP contribution in [0.3, 0.4) is 0 Å². The lowest BCUT2D eigenvalue weighted by Crippen LogP contribution is -2.15. The van der Waals surface area contributed by atoms with Crippen LogP contribution in [0.15, 0.2) is 30.5 Å². The second kappa shape index (κ2) is 7.29. The summed E-state index contributed by atoms with van der Waals surface area (Å²) in [5, 5.41) is 11.7. The van der Waals surface area contributed by atoms with Crippen LogP contribution in [0.4, 0.5) is 10.2 Å². The van der Waals surface area contributed by atoms with Crippen LogP contribution in [-0.2, 0) is 13.1 Å². The van der Waals surface area contributed by atoms with Gasteiger partial charge in [0.25, 0.3) is 5.91 Å². The maximum Gasteiger partial charge on any atom is 0.260 e. The molecule has 3 aromatic rings. The molecule has 0 atom stereocenters. The van der Waals surface area contributed by atoms with Crippen molar-refractivity contribution in [3.8, 4) is 0 Å². The van der Waals surface area contributed by atoms with Gasteiger partial charge in [-0.3, -0.25) is 14.2 Å². The molecule has 0 aliphatic heterocycles. The molecule has 0 saturated carbocycles. The number of nitrogens with one attached hydrogen (secondary N) is 1. The Balaban J connectivity index is 1.78. The Morgan fingerprint density at radius 2 is 1.92 bits per heavy atom. The Morgan fingerprint density at radius 1 is 1.23 bits per heavy atom. The van der Waals surface area contributed by atoms with Crippen molar-refractivity contribution in [2.75, 3.05) is 5.32 Å². The maximum atomic E-state index is 13.0. The second-order valence-corrected chi connectivity index (χ2v) is 6.37. The number of amides is 1. The van der Waals surface area contributed by atoms with Gasteiger partial charge in [0.05, 0.1) is 17.8 Å². The molecule has 8 heteroatoms. The van der Waals surface area contributed by atoms with Crippen molar-refractivity contribution < 1.29 is 9.18 Å². The van der Waals surface area contributed by atoms with Crippen LogP contribution in [0, 0.1) is 19.7 Å². The molecular weight excluding hydrogens is 357 g/mol. The Bertz CT molecular complexity index is 945. The number of hydrogen-bond acceptors (Lipinski definition) is 3. The largest absolute Gasteiger partial charge is 0.304 e. The van der Waals surface area contributed by atoms with Crippen LogP contribution in [0.5, 0.6) is 0 Å². The van der Waals surface area contributed by atoms with E-state index < -0.39 is 0 Å². The lowest BCUT2D eigenvalue weighted by atomic mass is 10.2. The number of carbonyl (C=O) groups excluding carboxylic acids is 1. The van der Waals surface area contributed by atoms with E-state index >= 15 is 0 Å². The lowest BCUT2D eigenvalue weighted by molar-refractivity contribution is 0.102. The highest BCUT2D eigenvalue weighted by Crippen LogP contribution is 2.22. The number of rotatable bonds is 5. The third-order valence-electron chi connectivity index (χ3n) is 4.11. The SMILES string of the molecule is CCn1nc(C)c(C(=O)Nc2nn(Cc3ccc(F)cc3)cc2Cl)c1C. The predicted octanol–water partition coefficient (Wildman–Crippen LogP) is 3.81. The monoisotopic (exact) mass is 375 g/mol. The van der Waals surface area contributed by atoms with Gasteiger partial charge < -0.3 is 5.32 Å². The first-order valence-electron chi connectivity index (χ1n) is 8.21. The average Bonchev–Trinajstić information content (AvgIpc) is 3.08. The molecule has 0 bridgehead atoms. The quantitative estimate of drug-likeness (QED) is 0.737. The standard InChI is InChI=1S/C18H19ClFN5O/c1-4-25-12(3)16(11(2)22-25)18(26)21-17-15(19)10-24(23-17)9-13-5-7-14(20)8-6-13/h5-8,10H,4,9H2,1-3H3,(H,21,23,26). The van der Waals surface area contributed by atoms with E-state index in [0.29, 0.717) is 29.4 Å². The normalized spacial score (nSPS) is 11.0. The molecule has 1 aromatic carbocycles. The van der Waals surface area contributed by atoms with Gasteiger partial charge in [0.15, 0.2) is 5.82 Å². The fraction of sp³-hybridized carbons (Fsp3) is 0.278. The zero-order valence-electron chi connectivity index (χ0n) is 14.8. The molecule has 0 radical (unpaired) electrons. The van der Waals surface area contributed by atoms with Gasteiger partial charge in [-0.2, -0.15) is 10.2 Å². The molecule has 0 fully saturated rings. The third-order valence-corrected chi connectivity index (χ3v) is 4.39. The van der Waals surface area contributed by atoms with E-state index in [0.717, 1.165) is 11.3 Å². The summed E-state index contributed by atoms with van der Waals surface area (Å²) in [7, 11) is 0. The van der Waals surface area contributed by atoms with E-state index in [-0.39, 0.29) is 17.5 Å². The summed E-state index contributed by atoms with van der Waals surface area (Å²) in [5.74, 6) is -0.311. The smallest absolute Gasteiger partial charge is 0.260 e. The summed E-state index contributed by atoms with van der Waals surface area (Å²) in [4.78, 5) is 12.6. The van der Waals surface area contributed by atoms with Gasteiger partial charge in [0.2, 0.25) is 0 Å². The van der Waals surface area contributed by atoms with Gasteiger partial charge in [-0.25, -0.2) is 4.39 Å². The maximum absolute atomic E-state index is 13.0. The summed E-state index contributed by atoms with van der Waals surface area (Å²) in [5.41, 5.74) is 2.85. The topological polar surface area (TPSA) is 64.7 Å². The van der Waals surface area contributed by atoms with Gasteiger partial charge in [-0.15, -0.1) is 0 Å². The first-order valence-corrected chi connectivity index (χ1v) is 8.59. The molecule has 1 N–H and O–H groups in total. The Kier molecular flexibility index (Phi) is 5.08. The minimum Gasteiger partial charge on any atom is -0.304 e. The summed E-state index contributed by atoms with van der Waals surface area (Å²) in [6, 6.07) is 6.13. The number of halogens is 2. The number of aryl methyl sites for hydroxylation is 2. The Morgan fingerprint density at radius 3 is 2.54 bits per heavy atom. The van der Waals surface area contributed by atoms with Crippen LogP contribution >= 0.6 is 11.6 Å². The highest BCUT2D eigenvalue weighted by molar-refractivity contribution is 6.33. The van der Waals surface area contributed by atoms with Crippen LogP contribution < -0.4 is 5.32 Å². The molecule has 0 spiro atoms. The van der Waals surface area contributed by atoms with E-state index in [1.165, 1.54) is 12.1 Å². The Labute approximate surface area is 155 Å². The van der Waals surface area contributed by atoms with Crippen molar-refractivity contribution in [2.45, 2.75) is 33.9 Å². The van der Waals surface area contributed by atoms with Crippen LogP contribution in [-0.4, -0.2) is 25.5 Å². The molecule has 0 aliphatic rings. The van der Waals surface area contributed by atoms with E-state index in [4.69, 9.17) is 11.6 Å². The minimum atomic E-state index is -0.298. The molecular formula is C18H19ClFN5O. The van der Waals surface area contributed by atoms with Crippen molar-refractivity contribution >= 4 is 23.3 Å². The molecule has 0 unspecified atom stereocenters. The second-order valence-electron chi connectivity index (χ2n) is 5.97. The highest BCUT2D eigenvalue weighted by atomic mass is 35.5. The molecule has 2 heterocycles. The zero-order valence-corrected chi connectivity index (χ0v) is 15.5. The van der Waals surface area contributed by atoms with E-state index in [9.17, 15) is 9.18 Å². The van der Waals surface area contributed by atoms with Gasteiger partial charge in [-0.05, 0) is 38.5 Å². The molecule has 1 amide bonds. The van der Waals surface area contributed by atoms with Gasteiger partial charge >= 0.3 is 0 Å². The lowest BCUT2D eigenvalue weighted by Gasteiger charge is -2.04. The molecule has 2 aromatic heterocycles. The molecule has 3 rings (SSSR count). The number of carbonyl (C=O) groups is 1. The van der Waals surface area contributed by atoms with Gasteiger partial charge in [0, 0.05) is 18.4 Å². The summed E-state index contributed by atoms with van der Waals surface area (Å²) >= 11 is 6.20. The zero-order chi connectivity index (χ0) is 18.8. The number of anilines is 1. The van der Waals surface area contributed by atoms with Crippen molar-refractivity contribution in [3.05, 3.63) is 63.8 Å². The number of benzene rings is 1. The van der Waals surface area contributed by atoms with Gasteiger partial charge in [0.1, 0.15) is 10.8 Å². The predicted molar refractivity (Wildman–Crippen MR) is 98.1 cm³/mol. The fourth-order valence-electron chi connectivity index (χ4n) is 2.84. The first kappa shape index (κ1) is 18.1. The molecule has 0 saturated heterocycles. The van der Waals surface area contributed by atoms with Crippen LogP contribution in [0.2, 0.25) is 5.02 Å². The van der Waals surface area contributed by atoms with E-state index in [1.54, 1.807) is 34.6 Å². The summed E-state index contributed by atoms with van der Waals surface area (Å²) in [6.45, 7) is 6.72.